The predicted molar refractivity (Wildman–Crippen MR) is 83.1 cm³/mol. The molecule has 2 fully saturated rings. The van der Waals surface area contributed by atoms with Crippen LogP contribution in [-0.4, -0.2) is 61.3 Å². The molecule has 2 aliphatic heterocycles. The van der Waals surface area contributed by atoms with E-state index in [1.807, 2.05) is 11.8 Å². The quantitative estimate of drug-likeness (QED) is 0.633. The highest BCUT2D eigenvalue weighted by Gasteiger charge is 2.32. The van der Waals surface area contributed by atoms with Crippen molar-refractivity contribution in [3.05, 3.63) is 0 Å². The van der Waals surface area contributed by atoms with Gasteiger partial charge in [0.25, 0.3) is 0 Å². The Balaban J connectivity index is 1.99. The number of nitrogens with one attached hydrogen (secondary N) is 1. The third kappa shape index (κ3) is 4.02. The second-order valence-corrected chi connectivity index (χ2v) is 6.64. The molecule has 0 atom stereocenters. The lowest BCUT2D eigenvalue weighted by atomic mass is 9.99. The van der Waals surface area contributed by atoms with E-state index < -0.39 is 0 Å². The Hall–Kier alpha value is -0.420. The third-order valence-electron chi connectivity index (χ3n) is 4.09. The van der Waals surface area contributed by atoms with E-state index in [1.165, 1.54) is 12.8 Å². The Labute approximate surface area is 121 Å². The molecule has 110 valence electrons. The van der Waals surface area contributed by atoms with Crippen LogP contribution < -0.4 is 5.32 Å². The summed E-state index contributed by atoms with van der Waals surface area (Å²) in [6.45, 7) is 8.08. The molecule has 0 saturated carbocycles. The highest BCUT2D eigenvalue weighted by molar-refractivity contribution is 8.00. The van der Waals surface area contributed by atoms with Gasteiger partial charge in [0.1, 0.15) is 0 Å². The van der Waals surface area contributed by atoms with E-state index in [0.29, 0.717) is 4.75 Å². The van der Waals surface area contributed by atoms with Crippen molar-refractivity contribution in [3.63, 3.8) is 0 Å². The topological polar surface area (TPSA) is 36.9 Å². The van der Waals surface area contributed by atoms with Crippen molar-refractivity contribution in [1.82, 2.24) is 10.2 Å². The van der Waals surface area contributed by atoms with Crippen molar-refractivity contribution in [3.8, 4) is 0 Å². The Kier molecular flexibility index (Phi) is 5.82. The van der Waals surface area contributed by atoms with Gasteiger partial charge >= 0.3 is 0 Å². The van der Waals surface area contributed by atoms with Crippen LogP contribution in [0.5, 0.6) is 0 Å². The van der Waals surface area contributed by atoms with E-state index >= 15 is 0 Å². The number of hydrogen-bond acceptors (Lipinski definition) is 3. The maximum absolute atomic E-state index is 5.49. The van der Waals surface area contributed by atoms with Gasteiger partial charge in [-0.05, 0) is 38.9 Å². The lowest BCUT2D eigenvalue weighted by Crippen LogP contribution is -2.42. The second kappa shape index (κ2) is 7.39. The summed E-state index contributed by atoms with van der Waals surface area (Å²) in [6.07, 6.45) is 7.05. The number of thioether (sulfide) groups is 1. The van der Waals surface area contributed by atoms with Crippen LogP contribution in [0.1, 0.15) is 32.6 Å². The van der Waals surface area contributed by atoms with Crippen LogP contribution in [0.2, 0.25) is 0 Å². The molecule has 19 heavy (non-hydrogen) atoms. The monoisotopic (exact) mass is 285 g/mol. The first-order chi connectivity index (χ1) is 9.29. The average Bonchev–Trinajstić information content (AvgIpc) is 2.98. The number of rotatable bonds is 4. The molecule has 0 unspecified atom stereocenters. The minimum atomic E-state index is 0.290. The van der Waals surface area contributed by atoms with Crippen LogP contribution in [0.3, 0.4) is 0 Å². The number of aliphatic imine (C=N–C) groups is 1. The minimum Gasteiger partial charge on any atom is -0.381 e. The number of guanidine groups is 1. The molecule has 4 nitrogen and oxygen atoms in total. The molecule has 2 aliphatic rings. The molecule has 0 aliphatic carbocycles. The number of ether oxygens (including phenoxy) is 1. The molecule has 0 amide bonds. The molecule has 5 heteroatoms. The van der Waals surface area contributed by atoms with E-state index in [1.54, 1.807) is 0 Å². The Bertz CT molecular complexity index is 297. The SMILES string of the molecule is CCNC(=NCC1(SC)CCOCC1)N1CCCC1. The van der Waals surface area contributed by atoms with Gasteiger partial charge in [-0.2, -0.15) is 11.8 Å². The zero-order valence-corrected chi connectivity index (χ0v) is 13.1. The molecule has 0 bridgehead atoms. The fourth-order valence-corrected chi connectivity index (χ4v) is 3.51. The zero-order chi connectivity index (χ0) is 13.6. The van der Waals surface area contributed by atoms with Crippen LogP contribution in [0.15, 0.2) is 4.99 Å². The van der Waals surface area contributed by atoms with Crippen molar-refractivity contribution in [2.75, 3.05) is 45.6 Å². The number of hydrogen-bond donors (Lipinski definition) is 1. The fourth-order valence-electron chi connectivity index (χ4n) is 2.74. The summed E-state index contributed by atoms with van der Waals surface area (Å²) in [6, 6.07) is 0. The highest BCUT2D eigenvalue weighted by Crippen LogP contribution is 2.34. The molecule has 2 rings (SSSR count). The van der Waals surface area contributed by atoms with Gasteiger partial charge in [0, 0.05) is 37.6 Å². The van der Waals surface area contributed by atoms with Gasteiger partial charge < -0.3 is 15.0 Å². The molecule has 2 heterocycles. The highest BCUT2D eigenvalue weighted by atomic mass is 32.2. The molecule has 0 radical (unpaired) electrons. The Morgan fingerprint density at radius 1 is 1.32 bits per heavy atom. The van der Waals surface area contributed by atoms with E-state index in [2.05, 4.69) is 23.4 Å². The van der Waals surface area contributed by atoms with Gasteiger partial charge in [-0.3, -0.25) is 4.99 Å². The summed E-state index contributed by atoms with van der Waals surface area (Å²) in [5.74, 6) is 1.11. The van der Waals surface area contributed by atoms with Crippen LogP contribution in [0.4, 0.5) is 0 Å². The van der Waals surface area contributed by atoms with Gasteiger partial charge in [0.15, 0.2) is 5.96 Å². The van der Waals surface area contributed by atoms with E-state index in [-0.39, 0.29) is 0 Å². The molecule has 2 saturated heterocycles. The molecule has 1 N–H and O–H groups in total. The van der Waals surface area contributed by atoms with Gasteiger partial charge in [0.05, 0.1) is 6.54 Å². The lowest BCUT2D eigenvalue weighted by Gasteiger charge is -2.34. The minimum absolute atomic E-state index is 0.290. The lowest BCUT2D eigenvalue weighted by molar-refractivity contribution is 0.0793. The number of nitrogens with zero attached hydrogens (tertiary/aromatic N) is 2. The van der Waals surface area contributed by atoms with Gasteiger partial charge in [-0.25, -0.2) is 0 Å². The van der Waals surface area contributed by atoms with Crippen LogP contribution in [0.25, 0.3) is 0 Å². The van der Waals surface area contributed by atoms with Crippen LogP contribution in [0, 0.1) is 0 Å². The van der Waals surface area contributed by atoms with Gasteiger partial charge in [0.2, 0.25) is 0 Å². The van der Waals surface area contributed by atoms with Crippen molar-refractivity contribution >= 4 is 17.7 Å². The summed E-state index contributed by atoms with van der Waals surface area (Å²) in [4.78, 5) is 7.32. The van der Waals surface area contributed by atoms with Gasteiger partial charge in [-0.1, -0.05) is 0 Å². The second-order valence-electron chi connectivity index (χ2n) is 5.36. The predicted octanol–water partition coefficient (Wildman–Crippen LogP) is 1.96. The molecule has 0 spiro atoms. The van der Waals surface area contributed by atoms with Crippen LogP contribution in [-0.2, 0) is 4.74 Å². The van der Waals surface area contributed by atoms with E-state index in [0.717, 1.165) is 58.2 Å². The molecular formula is C14H27N3OS. The Morgan fingerprint density at radius 3 is 2.58 bits per heavy atom. The summed E-state index contributed by atoms with van der Waals surface area (Å²) >= 11 is 1.96. The zero-order valence-electron chi connectivity index (χ0n) is 12.3. The summed E-state index contributed by atoms with van der Waals surface area (Å²) in [5, 5.41) is 3.44. The third-order valence-corrected chi connectivity index (χ3v) is 5.50. The van der Waals surface area contributed by atoms with Crippen molar-refractivity contribution in [2.24, 2.45) is 4.99 Å². The first-order valence-electron chi connectivity index (χ1n) is 7.46. The first-order valence-corrected chi connectivity index (χ1v) is 8.68. The average molecular weight is 285 g/mol. The van der Waals surface area contributed by atoms with Crippen molar-refractivity contribution in [2.45, 2.75) is 37.4 Å². The number of likely N-dealkylation sites (tertiary alicyclic amines) is 1. The molecule has 0 aromatic carbocycles. The summed E-state index contributed by atoms with van der Waals surface area (Å²) < 4.78 is 5.78. The smallest absolute Gasteiger partial charge is 0.193 e. The molecular weight excluding hydrogens is 258 g/mol. The standard InChI is InChI=1S/C14H27N3OS/c1-3-15-13(17-8-4-5-9-17)16-12-14(19-2)6-10-18-11-7-14/h3-12H2,1-2H3,(H,15,16). The normalized spacial score (nSPS) is 23.7. The van der Waals surface area contributed by atoms with E-state index in [9.17, 15) is 0 Å². The summed E-state index contributed by atoms with van der Waals surface area (Å²) in [7, 11) is 0. The Morgan fingerprint density at radius 2 is 2.00 bits per heavy atom. The maximum atomic E-state index is 5.49. The molecule has 0 aromatic heterocycles. The maximum Gasteiger partial charge on any atom is 0.193 e. The van der Waals surface area contributed by atoms with Crippen LogP contribution >= 0.6 is 11.8 Å². The van der Waals surface area contributed by atoms with Gasteiger partial charge in [-0.15, -0.1) is 0 Å². The fraction of sp³-hybridized carbons (Fsp3) is 0.929. The van der Waals surface area contributed by atoms with Crippen molar-refractivity contribution < 1.29 is 4.74 Å². The largest absolute Gasteiger partial charge is 0.381 e. The molecule has 0 aromatic rings. The first kappa shape index (κ1) is 15.0. The van der Waals surface area contributed by atoms with Crippen molar-refractivity contribution in [1.29, 1.82) is 0 Å². The van der Waals surface area contributed by atoms with E-state index in [4.69, 9.17) is 9.73 Å². The summed E-state index contributed by atoms with van der Waals surface area (Å²) in [5.41, 5.74) is 0.